The quantitative estimate of drug-likeness (QED) is 0.679. The average molecular weight is 182 g/mol. The van der Waals surface area contributed by atoms with Gasteiger partial charge in [-0.3, -0.25) is 9.89 Å². The molecule has 0 spiro atoms. The number of H-pyrrole nitrogens is 1. The third kappa shape index (κ3) is 1.58. The maximum absolute atomic E-state index is 11.0. The minimum absolute atomic E-state index is 0.00403. The number of rotatable bonds is 3. The van der Waals surface area contributed by atoms with Gasteiger partial charge in [-0.1, -0.05) is 6.92 Å². The summed E-state index contributed by atoms with van der Waals surface area (Å²) in [5.41, 5.74) is 0.483. The van der Waals surface area contributed by atoms with Crippen LogP contribution in [0.2, 0.25) is 0 Å². The van der Waals surface area contributed by atoms with Crippen LogP contribution in [0, 0.1) is 0 Å². The number of aryl methyl sites for hydroxylation is 1. The summed E-state index contributed by atoms with van der Waals surface area (Å²) in [6.07, 6.45) is 0.516. The van der Waals surface area contributed by atoms with Crippen molar-refractivity contribution in [2.75, 3.05) is 0 Å². The number of hydrogen-bond acceptors (Lipinski definition) is 3. The fourth-order valence-corrected chi connectivity index (χ4v) is 1.12. The molecule has 1 heterocycles. The number of aromatic nitrogens is 2. The first-order valence-electron chi connectivity index (χ1n) is 3.89. The van der Waals surface area contributed by atoms with E-state index in [1.54, 1.807) is 6.92 Å². The molecule has 0 saturated carbocycles. The van der Waals surface area contributed by atoms with E-state index in [4.69, 9.17) is 5.11 Å². The van der Waals surface area contributed by atoms with Crippen molar-refractivity contribution in [3.63, 3.8) is 0 Å². The molecular formula is C8H10N2O3. The molecule has 1 aromatic rings. The molecule has 5 nitrogen and oxygen atoms in total. The van der Waals surface area contributed by atoms with Gasteiger partial charge in [0.1, 0.15) is 11.3 Å². The van der Waals surface area contributed by atoms with Gasteiger partial charge in [-0.2, -0.15) is 5.10 Å². The van der Waals surface area contributed by atoms with E-state index in [-0.39, 0.29) is 17.0 Å². The van der Waals surface area contributed by atoms with Crippen LogP contribution in [0.15, 0.2) is 0 Å². The third-order valence-corrected chi connectivity index (χ3v) is 1.74. The smallest absolute Gasteiger partial charge is 0.339 e. The van der Waals surface area contributed by atoms with Gasteiger partial charge in [-0.25, -0.2) is 4.79 Å². The van der Waals surface area contributed by atoms with Crippen LogP contribution in [0.5, 0.6) is 0 Å². The van der Waals surface area contributed by atoms with E-state index in [0.717, 1.165) is 0 Å². The predicted octanol–water partition coefficient (Wildman–Crippen LogP) is 0.873. The number of aromatic carboxylic acids is 1. The number of nitrogens with zero attached hydrogens (tertiary/aromatic N) is 1. The summed E-state index contributed by atoms with van der Waals surface area (Å²) >= 11 is 0. The van der Waals surface area contributed by atoms with Crippen molar-refractivity contribution in [3.8, 4) is 0 Å². The summed E-state index contributed by atoms with van der Waals surface area (Å²) in [6.45, 7) is 3.09. The molecule has 1 aromatic heterocycles. The van der Waals surface area contributed by atoms with Gasteiger partial charge in [0.15, 0.2) is 5.78 Å². The van der Waals surface area contributed by atoms with Crippen molar-refractivity contribution in [3.05, 3.63) is 17.0 Å². The minimum atomic E-state index is -1.11. The first-order valence-corrected chi connectivity index (χ1v) is 3.89. The normalized spacial score (nSPS) is 10.0. The Morgan fingerprint density at radius 1 is 1.54 bits per heavy atom. The highest BCUT2D eigenvalue weighted by molar-refractivity contribution is 6.04. The van der Waals surface area contributed by atoms with E-state index >= 15 is 0 Å². The number of carbonyl (C=O) groups excluding carboxylic acids is 1. The number of carboxylic acids is 1. The van der Waals surface area contributed by atoms with Crippen LogP contribution in [-0.4, -0.2) is 27.1 Å². The van der Waals surface area contributed by atoms with E-state index in [0.29, 0.717) is 12.1 Å². The average Bonchev–Trinajstić information content (AvgIpc) is 2.46. The maximum Gasteiger partial charge on any atom is 0.339 e. The van der Waals surface area contributed by atoms with Gasteiger partial charge < -0.3 is 5.11 Å². The highest BCUT2D eigenvalue weighted by Gasteiger charge is 2.20. The van der Waals surface area contributed by atoms with E-state index in [1.807, 2.05) is 0 Å². The molecule has 0 unspecified atom stereocenters. The predicted molar refractivity (Wildman–Crippen MR) is 44.9 cm³/mol. The topological polar surface area (TPSA) is 83.0 Å². The van der Waals surface area contributed by atoms with Crippen molar-refractivity contribution < 1.29 is 14.7 Å². The molecule has 70 valence electrons. The lowest BCUT2D eigenvalue weighted by molar-refractivity contribution is 0.0691. The van der Waals surface area contributed by atoms with Gasteiger partial charge >= 0.3 is 5.97 Å². The molecule has 0 amide bonds. The molecule has 0 radical (unpaired) electrons. The molecule has 0 fully saturated rings. The van der Waals surface area contributed by atoms with Crippen LogP contribution >= 0.6 is 0 Å². The first kappa shape index (κ1) is 9.44. The van der Waals surface area contributed by atoms with Crippen molar-refractivity contribution in [2.24, 2.45) is 0 Å². The number of nitrogens with one attached hydrogen (secondary N) is 1. The zero-order chi connectivity index (χ0) is 10.0. The number of ketones is 1. The van der Waals surface area contributed by atoms with Crippen LogP contribution in [0.3, 0.4) is 0 Å². The highest BCUT2D eigenvalue weighted by Crippen LogP contribution is 2.12. The highest BCUT2D eigenvalue weighted by atomic mass is 16.4. The van der Waals surface area contributed by atoms with Gasteiger partial charge in [-0.05, 0) is 6.42 Å². The number of Topliss-reactive ketones (excluding diaryl/α,β-unsaturated/α-hetero) is 1. The second-order valence-corrected chi connectivity index (χ2v) is 2.64. The number of carbonyl (C=O) groups is 2. The van der Waals surface area contributed by atoms with Gasteiger partial charge in [0.2, 0.25) is 0 Å². The molecule has 13 heavy (non-hydrogen) atoms. The summed E-state index contributed by atoms with van der Waals surface area (Å²) in [5, 5.41) is 15.0. The van der Waals surface area contributed by atoms with E-state index in [9.17, 15) is 9.59 Å². The summed E-state index contributed by atoms with van der Waals surface area (Å²) in [6, 6.07) is 0. The molecule has 0 atom stereocenters. The Hall–Kier alpha value is -1.65. The van der Waals surface area contributed by atoms with Gasteiger partial charge in [0, 0.05) is 6.92 Å². The van der Waals surface area contributed by atoms with Crippen molar-refractivity contribution >= 4 is 11.8 Å². The van der Waals surface area contributed by atoms with Crippen molar-refractivity contribution in [1.29, 1.82) is 0 Å². The number of aromatic amines is 1. The Balaban J connectivity index is 3.30. The second-order valence-electron chi connectivity index (χ2n) is 2.64. The summed E-state index contributed by atoms with van der Waals surface area (Å²) in [7, 11) is 0. The standard InChI is InChI=1S/C8H10N2O3/c1-3-5-6(8(12)13)7(4(2)11)10-9-5/h3H2,1-2H3,(H,9,10)(H,12,13). The fraction of sp³-hybridized carbons (Fsp3) is 0.375. The fourth-order valence-electron chi connectivity index (χ4n) is 1.12. The lowest BCUT2D eigenvalue weighted by atomic mass is 10.1. The summed E-state index contributed by atoms with van der Waals surface area (Å²) < 4.78 is 0. The third-order valence-electron chi connectivity index (χ3n) is 1.74. The molecule has 1 rings (SSSR count). The Bertz CT molecular complexity index is 354. The van der Waals surface area contributed by atoms with E-state index in [2.05, 4.69) is 10.2 Å². The van der Waals surface area contributed by atoms with Crippen molar-refractivity contribution in [1.82, 2.24) is 10.2 Å². The molecule has 0 aromatic carbocycles. The van der Waals surface area contributed by atoms with Crippen LogP contribution in [0.1, 0.15) is 40.4 Å². The van der Waals surface area contributed by atoms with E-state index < -0.39 is 5.97 Å². The number of carboxylic acid groups (broad SMARTS) is 1. The molecule has 5 heteroatoms. The van der Waals surface area contributed by atoms with Crippen LogP contribution in [0.4, 0.5) is 0 Å². The Morgan fingerprint density at radius 2 is 2.15 bits per heavy atom. The number of hydrogen-bond donors (Lipinski definition) is 2. The molecule has 0 aliphatic rings. The Kier molecular flexibility index (Phi) is 2.46. The van der Waals surface area contributed by atoms with Crippen LogP contribution < -0.4 is 0 Å². The van der Waals surface area contributed by atoms with Gasteiger partial charge in [0.05, 0.1) is 5.69 Å². The van der Waals surface area contributed by atoms with Crippen LogP contribution in [0.25, 0.3) is 0 Å². The summed E-state index contributed by atoms with van der Waals surface area (Å²) in [5.74, 6) is -1.45. The molecule has 2 N–H and O–H groups in total. The van der Waals surface area contributed by atoms with Crippen molar-refractivity contribution in [2.45, 2.75) is 20.3 Å². The monoisotopic (exact) mass is 182 g/mol. The lowest BCUT2D eigenvalue weighted by Gasteiger charge is -1.94. The first-order chi connectivity index (χ1) is 6.07. The van der Waals surface area contributed by atoms with Crippen LogP contribution in [-0.2, 0) is 6.42 Å². The molecule has 0 saturated heterocycles. The summed E-state index contributed by atoms with van der Waals surface area (Å²) in [4.78, 5) is 21.7. The van der Waals surface area contributed by atoms with E-state index in [1.165, 1.54) is 6.92 Å². The molecular weight excluding hydrogens is 172 g/mol. The maximum atomic E-state index is 11.0. The Morgan fingerprint density at radius 3 is 2.54 bits per heavy atom. The minimum Gasteiger partial charge on any atom is -0.478 e. The van der Waals surface area contributed by atoms with Gasteiger partial charge in [-0.15, -0.1) is 0 Å². The molecule has 0 aliphatic carbocycles. The second kappa shape index (κ2) is 3.38. The zero-order valence-electron chi connectivity index (χ0n) is 7.42. The molecule has 0 aliphatic heterocycles. The largest absolute Gasteiger partial charge is 0.478 e. The molecule has 0 bridgehead atoms. The Labute approximate surface area is 74.8 Å². The SMILES string of the molecule is CCc1[nH]nc(C(C)=O)c1C(=O)O. The van der Waals surface area contributed by atoms with Gasteiger partial charge in [0.25, 0.3) is 0 Å². The zero-order valence-corrected chi connectivity index (χ0v) is 7.42. The lowest BCUT2D eigenvalue weighted by Crippen LogP contribution is -2.06.